The third kappa shape index (κ3) is 3.06. The van der Waals surface area contributed by atoms with Gasteiger partial charge in [-0.25, -0.2) is 14.8 Å². The molecule has 23 heavy (non-hydrogen) atoms. The fourth-order valence-corrected chi connectivity index (χ4v) is 2.19. The molecule has 116 valence electrons. The van der Waals surface area contributed by atoms with Crippen LogP contribution >= 0.6 is 0 Å². The molecule has 0 bridgehead atoms. The quantitative estimate of drug-likeness (QED) is 0.568. The van der Waals surface area contributed by atoms with E-state index in [0.29, 0.717) is 22.5 Å². The number of carbonyl (C=O) groups is 1. The average molecular weight is 308 g/mol. The van der Waals surface area contributed by atoms with Gasteiger partial charge in [0.1, 0.15) is 5.52 Å². The van der Waals surface area contributed by atoms with Gasteiger partial charge in [0.25, 0.3) is 0 Å². The summed E-state index contributed by atoms with van der Waals surface area (Å²) in [6.45, 7) is 2.01. The van der Waals surface area contributed by atoms with Crippen molar-refractivity contribution >= 4 is 34.2 Å². The number of rotatable bonds is 4. The van der Waals surface area contributed by atoms with E-state index in [9.17, 15) is 4.79 Å². The van der Waals surface area contributed by atoms with Gasteiger partial charge in [0, 0.05) is 5.69 Å². The Morgan fingerprint density at radius 3 is 2.65 bits per heavy atom. The second kappa shape index (κ2) is 6.31. The molecule has 2 aromatic carbocycles. The average Bonchev–Trinajstić information content (AvgIpc) is 2.56. The standard InChI is InChI=1S/C17H16N4O2/c1-2-23-17(22)15-16(19-11-7-4-3-5-8-11)21-14-12(18)9-6-10-13(14)20-15/h3-10H,2,18H2,1H3,(H,19,21). The summed E-state index contributed by atoms with van der Waals surface area (Å²) in [5.74, 6) is -0.206. The number of esters is 1. The van der Waals surface area contributed by atoms with E-state index in [2.05, 4.69) is 15.3 Å². The molecule has 0 saturated carbocycles. The number of anilines is 3. The molecule has 0 radical (unpaired) electrons. The molecule has 1 heterocycles. The number of fused-ring (bicyclic) bond motifs is 1. The monoisotopic (exact) mass is 308 g/mol. The van der Waals surface area contributed by atoms with Crippen LogP contribution in [0, 0.1) is 0 Å². The first-order valence-electron chi connectivity index (χ1n) is 7.24. The fourth-order valence-electron chi connectivity index (χ4n) is 2.19. The number of para-hydroxylation sites is 2. The van der Waals surface area contributed by atoms with Gasteiger partial charge in [-0.1, -0.05) is 24.3 Å². The molecule has 0 atom stereocenters. The van der Waals surface area contributed by atoms with Crippen molar-refractivity contribution in [1.29, 1.82) is 0 Å². The zero-order valence-corrected chi connectivity index (χ0v) is 12.6. The Labute approximate surface area is 133 Å². The van der Waals surface area contributed by atoms with E-state index in [1.165, 1.54) is 0 Å². The summed E-state index contributed by atoms with van der Waals surface area (Å²) in [5.41, 5.74) is 8.47. The Hall–Kier alpha value is -3.15. The maximum Gasteiger partial charge on any atom is 0.360 e. The van der Waals surface area contributed by atoms with Gasteiger partial charge < -0.3 is 15.8 Å². The summed E-state index contributed by atoms with van der Waals surface area (Å²) in [6.07, 6.45) is 0. The topological polar surface area (TPSA) is 90.1 Å². The lowest BCUT2D eigenvalue weighted by molar-refractivity contribution is 0.0521. The normalized spacial score (nSPS) is 10.5. The second-order valence-corrected chi connectivity index (χ2v) is 4.85. The van der Waals surface area contributed by atoms with Crippen LogP contribution in [0.2, 0.25) is 0 Å². The lowest BCUT2D eigenvalue weighted by atomic mass is 10.2. The minimum absolute atomic E-state index is 0.133. The first kappa shape index (κ1) is 14.8. The van der Waals surface area contributed by atoms with E-state index in [-0.39, 0.29) is 12.3 Å². The molecule has 0 saturated heterocycles. The van der Waals surface area contributed by atoms with Crippen LogP contribution in [0.3, 0.4) is 0 Å². The molecule has 0 spiro atoms. The first-order chi connectivity index (χ1) is 11.2. The number of hydrogen-bond donors (Lipinski definition) is 2. The summed E-state index contributed by atoms with van der Waals surface area (Å²) in [7, 11) is 0. The largest absolute Gasteiger partial charge is 0.461 e. The number of carbonyl (C=O) groups excluding carboxylic acids is 1. The van der Waals surface area contributed by atoms with Crippen molar-refractivity contribution in [3.8, 4) is 0 Å². The van der Waals surface area contributed by atoms with E-state index < -0.39 is 5.97 Å². The fraction of sp³-hybridized carbons (Fsp3) is 0.118. The van der Waals surface area contributed by atoms with Gasteiger partial charge in [-0.2, -0.15) is 0 Å². The van der Waals surface area contributed by atoms with Crippen molar-refractivity contribution in [3.63, 3.8) is 0 Å². The van der Waals surface area contributed by atoms with Crippen LogP contribution in [0.25, 0.3) is 11.0 Å². The molecule has 3 rings (SSSR count). The minimum Gasteiger partial charge on any atom is -0.461 e. The van der Waals surface area contributed by atoms with Crippen molar-refractivity contribution in [1.82, 2.24) is 9.97 Å². The van der Waals surface area contributed by atoms with Gasteiger partial charge in [-0.15, -0.1) is 0 Å². The molecule has 3 aromatic rings. The second-order valence-electron chi connectivity index (χ2n) is 4.85. The molecule has 0 aliphatic rings. The van der Waals surface area contributed by atoms with E-state index in [4.69, 9.17) is 10.5 Å². The summed E-state index contributed by atoms with van der Waals surface area (Å²) in [4.78, 5) is 21.0. The number of benzene rings is 2. The van der Waals surface area contributed by atoms with Crippen LogP contribution in [-0.2, 0) is 4.74 Å². The molecule has 0 aliphatic heterocycles. The molecule has 3 N–H and O–H groups in total. The smallest absolute Gasteiger partial charge is 0.360 e. The van der Waals surface area contributed by atoms with E-state index in [1.54, 1.807) is 25.1 Å². The van der Waals surface area contributed by atoms with Crippen LogP contribution in [0.5, 0.6) is 0 Å². The number of nitrogens with one attached hydrogen (secondary N) is 1. The number of nitrogens with two attached hydrogens (primary N) is 1. The van der Waals surface area contributed by atoms with E-state index in [1.807, 2.05) is 30.3 Å². The number of hydrogen-bond acceptors (Lipinski definition) is 6. The third-order valence-electron chi connectivity index (χ3n) is 3.23. The zero-order chi connectivity index (χ0) is 16.2. The highest BCUT2D eigenvalue weighted by Crippen LogP contribution is 2.24. The first-order valence-corrected chi connectivity index (χ1v) is 7.24. The van der Waals surface area contributed by atoms with Gasteiger partial charge >= 0.3 is 5.97 Å². The summed E-state index contributed by atoms with van der Waals surface area (Å²) < 4.78 is 5.07. The number of nitrogens with zero attached hydrogens (tertiary/aromatic N) is 2. The number of ether oxygens (including phenoxy) is 1. The molecule has 0 aliphatic carbocycles. The van der Waals surface area contributed by atoms with Crippen molar-refractivity contribution in [3.05, 3.63) is 54.2 Å². The van der Waals surface area contributed by atoms with Crippen LogP contribution in [0.1, 0.15) is 17.4 Å². The Bertz CT molecular complexity index is 850. The summed E-state index contributed by atoms with van der Waals surface area (Å²) in [5, 5.41) is 3.10. The zero-order valence-electron chi connectivity index (χ0n) is 12.6. The lowest BCUT2D eigenvalue weighted by Crippen LogP contribution is -2.12. The Balaban J connectivity index is 2.13. The SMILES string of the molecule is CCOC(=O)c1nc2cccc(N)c2nc1Nc1ccccc1. The van der Waals surface area contributed by atoms with Crippen molar-refractivity contribution < 1.29 is 9.53 Å². The highest BCUT2D eigenvalue weighted by Gasteiger charge is 2.18. The maximum atomic E-state index is 12.2. The Morgan fingerprint density at radius 2 is 1.91 bits per heavy atom. The number of aromatic nitrogens is 2. The third-order valence-corrected chi connectivity index (χ3v) is 3.23. The van der Waals surface area contributed by atoms with Crippen molar-refractivity contribution in [2.45, 2.75) is 6.92 Å². The minimum atomic E-state index is -0.525. The van der Waals surface area contributed by atoms with Crippen LogP contribution < -0.4 is 11.1 Å². The van der Waals surface area contributed by atoms with Crippen LogP contribution in [0.15, 0.2) is 48.5 Å². The predicted octanol–water partition coefficient (Wildman–Crippen LogP) is 3.13. The summed E-state index contributed by atoms with van der Waals surface area (Å²) >= 11 is 0. The van der Waals surface area contributed by atoms with Gasteiger partial charge in [-0.05, 0) is 31.2 Å². The number of nitrogen functional groups attached to an aromatic ring is 1. The van der Waals surface area contributed by atoms with Crippen LogP contribution in [0.4, 0.5) is 17.2 Å². The maximum absolute atomic E-state index is 12.2. The van der Waals surface area contributed by atoms with Gasteiger partial charge in [-0.3, -0.25) is 0 Å². The molecular weight excluding hydrogens is 292 g/mol. The predicted molar refractivity (Wildman–Crippen MR) is 89.6 cm³/mol. The summed E-state index contributed by atoms with van der Waals surface area (Å²) in [6, 6.07) is 14.7. The van der Waals surface area contributed by atoms with E-state index in [0.717, 1.165) is 5.69 Å². The molecule has 0 amide bonds. The molecule has 1 aromatic heterocycles. The lowest BCUT2D eigenvalue weighted by Gasteiger charge is -2.12. The molecule has 6 heteroatoms. The van der Waals surface area contributed by atoms with Crippen molar-refractivity contribution in [2.75, 3.05) is 17.7 Å². The Morgan fingerprint density at radius 1 is 1.13 bits per heavy atom. The highest BCUT2D eigenvalue weighted by molar-refractivity contribution is 5.98. The van der Waals surface area contributed by atoms with E-state index >= 15 is 0 Å². The molecule has 0 unspecified atom stereocenters. The highest BCUT2D eigenvalue weighted by atomic mass is 16.5. The van der Waals surface area contributed by atoms with Crippen molar-refractivity contribution in [2.24, 2.45) is 0 Å². The van der Waals surface area contributed by atoms with Crippen LogP contribution in [-0.4, -0.2) is 22.5 Å². The van der Waals surface area contributed by atoms with Gasteiger partial charge in [0.05, 0.1) is 17.8 Å². The molecule has 6 nitrogen and oxygen atoms in total. The van der Waals surface area contributed by atoms with Gasteiger partial charge in [0.15, 0.2) is 11.5 Å². The molecule has 0 fully saturated rings. The molecular formula is C17H16N4O2. The Kier molecular flexibility index (Phi) is 4.05. The van der Waals surface area contributed by atoms with Gasteiger partial charge in [0.2, 0.25) is 0 Å².